The van der Waals surface area contributed by atoms with Gasteiger partial charge < -0.3 is 0 Å². The highest BCUT2D eigenvalue weighted by molar-refractivity contribution is 5.85. The van der Waals surface area contributed by atoms with Crippen molar-refractivity contribution in [2.75, 3.05) is 6.54 Å². The number of rotatable bonds is 5. The molecule has 1 heterocycles. The van der Waals surface area contributed by atoms with Gasteiger partial charge in [0.2, 0.25) is 0 Å². The maximum Gasteiger partial charge on any atom is 0.00697 e. The third-order valence-corrected chi connectivity index (χ3v) is 3.65. The Morgan fingerprint density at radius 3 is 2.60 bits per heavy atom. The van der Waals surface area contributed by atoms with Crippen LogP contribution in [0.1, 0.15) is 65.7 Å². The van der Waals surface area contributed by atoms with Crippen LogP contribution in [0.2, 0.25) is 0 Å². The Hall–Kier alpha value is 0.250. The molecular weight excluding hydrogens is 206 g/mol. The van der Waals surface area contributed by atoms with Gasteiger partial charge in [-0.1, -0.05) is 32.6 Å². The number of hydrogen-bond donors (Lipinski definition) is 0. The van der Waals surface area contributed by atoms with Crippen LogP contribution in [0.4, 0.5) is 0 Å². The van der Waals surface area contributed by atoms with E-state index >= 15 is 0 Å². The first-order valence-electron chi connectivity index (χ1n) is 6.51. The fraction of sp³-hybridized carbons (Fsp3) is 1.00. The quantitative estimate of drug-likeness (QED) is 0.642. The van der Waals surface area contributed by atoms with Gasteiger partial charge in [-0.15, -0.1) is 12.4 Å². The summed E-state index contributed by atoms with van der Waals surface area (Å²) in [6, 6.07) is 1.65. The summed E-state index contributed by atoms with van der Waals surface area (Å²) in [5.41, 5.74) is 0. The lowest BCUT2D eigenvalue weighted by atomic mass is 9.99. The van der Waals surface area contributed by atoms with Crippen molar-refractivity contribution < 1.29 is 0 Å². The fourth-order valence-corrected chi connectivity index (χ4v) is 2.63. The summed E-state index contributed by atoms with van der Waals surface area (Å²) in [7, 11) is 0. The molecule has 92 valence electrons. The zero-order valence-corrected chi connectivity index (χ0v) is 11.5. The van der Waals surface area contributed by atoms with Crippen LogP contribution < -0.4 is 0 Å². The Morgan fingerprint density at radius 2 is 2.00 bits per heavy atom. The second-order valence-electron chi connectivity index (χ2n) is 4.93. The largest absolute Gasteiger partial charge is 0.298 e. The van der Waals surface area contributed by atoms with E-state index in [0.29, 0.717) is 0 Å². The van der Waals surface area contributed by atoms with Crippen LogP contribution in [0.5, 0.6) is 0 Å². The van der Waals surface area contributed by atoms with E-state index in [1.54, 1.807) is 0 Å². The van der Waals surface area contributed by atoms with Crippen molar-refractivity contribution in [1.29, 1.82) is 0 Å². The number of nitrogens with zero attached hydrogens (tertiary/aromatic N) is 1. The van der Waals surface area contributed by atoms with E-state index in [4.69, 9.17) is 0 Å². The van der Waals surface area contributed by atoms with E-state index in [1.807, 2.05) is 0 Å². The van der Waals surface area contributed by atoms with Gasteiger partial charge in [-0.05, 0) is 39.7 Å². The maximum absolute atomic E-state index is 2.72. The van der Waals surface area contributed by atoms with Gasteiger partial charge in [0.1, 0.15) is 0 Å². The van der Waals surface area contributed by atoms with Gasteiger partial charge >= 0.3 is 0 Å². The van der Waals surface area contributed by atoms with E-state index < -0.39 is 0 Å². The molecule has 2 heteroatoms. The standard InChI is InChI=1S/C13H27N.ClH/c1-4-5-6-9-12(2)14-11-8-7-10-13(14)3;/h12-13H,4-11H2,1-3H3;1H/t12?,13-;/m0./s1. The molecule has 0 aromatic carbocycles. The van der Waals surface area contributed by atoms with Crippen LogP contribution in [0.3, 0.4) is 0 Å². The average molecular weight is 234 g/mol. The van der Waals surface area contributed by atoms with Crippen molar-refractivity contribution in [3.8, 4) is 0 Å². The van der Waals surface area contributed by atoms with Crippen LogP contribution in [0.15, 0.2) is 0 Å². The number of likely N-dealkylation sites (tertiary alicyclic amines) is 1. The summed E-state index contributed by atoms with van der Waals surface area (Å²) in [6.07, 6.45) is 9.85. The smallest absolute Gasteiger partial charge is 0.00697 e. The van der Waals surface area contributed by atoms with E-state index in [-0.39, 0.29) is 12.4 Å². The van der Waals surface area contributed by atoms with Crippen molar-refractivity contribution in [1.82, 2.24) is 4.90 Å². The molecule has 1 saturated heterocycles. The Morgan fingerprint density at radius 1 is 1.27 bits per heavy atom. The monoisotopic (exact) mass is 233 g/mol. The summed E-state index contributed by atoms with van der Waals surface area (Å²) in [6.45, 7) is 8.44. The molecule has 0 amide bonds. The predicted molar refractivity (Wildman–Crippen MR) is 70.9 cm³/mol. The van der Waals surface area contributed by atoms with E-state index in [2.05, 4.69) is 25.7 Å². The van der Waals surface area contributed by atoms with Crippen LogP contribution >= 0.6 is 12.4 Å². The molecule has 1 aliphatic rings. The van der Waals surface area contributed by atoms with Crippen LogP contribution in [-0.2, 0) is 0 Å². The maximum atomic E-state index is 2.72. The van der Waals surface area contributed by atoms with Gasteiger partial charge in [0.05, 0.1) is 0 Å². The van der Waals surface area contributed by atoms with Crippen molar-refractivity contribution in [3.63, 3.8) is 0 Å². The van der Waals surface area contributed by atoms with Crippen molar-refractivity contribution in [2.45, 2.75) is 77.8 Å². The highest BCUT2D eigenvalue weighted by atomic mass is 35.5. The Balaban J connectivity index is 0.00000196. The van der Waals surface area contributed by atoms with Gasteiger partial charge in [-0.2, -0.15) is 0 Å². The summed E-state index contributed by atoms with van der Waals surface area (Å²) < 4.78 is 0. The minimum absolute atomic E-state index is 0. The fourth-order valence-electron chi connectivity index (χ4n) is 2.63. The Bertz CT molecular complexity index is 149. The third kappa shape index (κ3) is 5.21. The lowest BCUT2D eigenvalue weighted by Gasteiger charge is -2.38. The summed E-state index contributed by atoms with van der Waals surface area (Å²) in [4.78, 5) is 2.72. The van der Waals surface area contributed by atoms with E-state index in [9.17, 15) is 0 Å². The number of halogens is 1. The van der Waals surface area contributed by atoms with Crippen molar-refractivity contribution in [3.05, 3.63) is 0 Å². The predicted octanol–water partition coefficient (Wildman–Crippen LogP) is 4.25. The Labute approximate surface area is 102 Å². The summed E-state index contributed by atoms with van der Waals surface area (Å²) >= 11 is 0. The molecule has 1 nitrogen and oxygen atoms in total. The van der Waals surface area contributed by atoms with Gasteiger partial charge in [0.25, 0.3) is 0 Å². The molecule has 1 rings (SSSR count). The van der Waals surface area contributed by atoms with E-state index in [1.165, 1.54) is 51.5 Å². The van der Waals surface area contributed by atoms with E-state index in [0.717, 1.165) is 12.1 Å². The molecule has 15 heavy (non-hydrogen) atoms. The van der Waals surface area contributed by atoms with Crippen LogP contribution in [0, 0.1) is 0 Å². The molecule has 2 atom stereocenters. The van der Waals surface area contributed by atoms with Crippen molar-refractivity contribution in [2.24, 2.45) is 0 Å². The zero-order chi connectivity index (χ0) is 10.4. The first-order valence-corrected chi connectivity index (χ1v) is 6.51. The molecule has 1 aliphatic heterocycles. The topological polar surface area (TPSA) is 3.24 Å². The number of unbranched alkanes of at least 4 members (excludes halogenated alkanes) is 2. The highest BCUT2D eigenvalue weighted by Gasteiger charge is 2.22. The SMILES string of the molecule is CCCCCC(C)N1CCCC[C@@H]1C.Cl. The Kier molecular flexibility index (Phi) is 8.55. The zero-order valence-electron chi connectivity index (χ0n) is 10.7. The second kappa shape index (κ2) is 8.41. The molecule has 0 aromatic heterocycles. The normalized spacial score (nSPS) is 24.6. The van der Waals surface area contributed by atoms with Crippen LogP contribution in [-0.4, -0.2) is 23.5 Å². The molecule has 0 N–H and O–H groups in total. The van der Waals surface area contributed by atoms with Gasteiger partial charge in [-0.3, -0.25) is 4.90 Å². The summed E-state index contributed by atoms with van der Waals surface area (Å²) in [5.74, 6) is 0. The van der Waals surface area contributed by atoms with Gasteiger partial charge in [0, 0.05) is 12.1 Å². The molecule has 0 bridgehead atoms. The number of piperidine rings is 1. The molecule has 0 saturated carbocycles. The molecule has 1 fully saturated rings. The second-order valence-corrected chi connectivity index (χ2v) is 4.93. The lowest BCUT2D eigenvalue weighted by molar-refractivity contribution is 0.107. The molecule has 1 unspecified atom stereocenters. The highest BCUT2D eigenvalue weighted by Crippen LogP contribution is 2.21. The molecule has 0 spiro atoms. The average Bonchev–Trinajstić information content (AvgIpc) is 2.18. The van der Waals surface area contributed by atoms with Gasteiger partial charge in [0.15, 0.2) is 0 Å². The van der Waals surface area contributed by atoms with Crippen molar-refractivity contribution >= 4 is 12.4 Å². The van der Waals surface area contributed by atoms with Gasteiger partial charge in [-0.25, -0.2) is 0 Å². The lowest BCUT2D eigenvalue weighted by Crippen LogP contribution is -2.43. The minimum Gasteiger partial charge on any atom is -0.298 e. The third-order valence-electron chi connectivity index (χ3n) is 3.65. The first-order chi connectivity index (χ1) is 6.75. The summed E-state index contributed by atoms with van der Waals surface area (Å²) in [5, 5.41) is 0. The van der Waals surface area contributed by atoms with Crippen LogP contribution in [0.25, 0.3) is 0 Å². The molecule has 0 aromatic rings. The molecule has 0 aliphatic carbocycles. The number of hydrogen-bond acceptors (Lipinski definition) is 1. The minimum atomic E-state index is 0. The molecular formula is C13H28ClN. The first kappa shape index (κ1) is 15.2. The molecule has 0 radical (unpaired) electrons.